The summed E-state index contributed by atoms with van der Waals surface area (Å²) in [5.74, 6) is 0.928. The Kier molecular flexibility index (Phi) is 4.16. The van der Waals surface area contributed by atoms with Gasteiger partial charge in [-0.15, -0.1) is 0 Å². The fraction of sp³-hybridized carbons (Fsp3) is 0.500. The van der Waals surface area contributed by atoms with E-state index < -0.39 is 0 Å². The number of hydrogen-bond acceptors (Lipinski definition) is 3. The van der Waals surface area contributed by atoms with Crippen molar-refractivity contribution in [1.82, 2.24) is 4.90 Å². The first-order chi connectivity index (χ1) is 9.02. The minimum Gasteiger partial charge on any atom is -0.496 e. The Morgan fingerprint density at radius 3 is 2.74 bits per heavy atom. The zero-order chi connectivity index (χ0) is 14.0. The molecule has 1 aliphatic carbocycles. The lowest BCUT2D eigenvalue weighted by Gasteiger charge is -2.23. The molecule has 0 heterocycles. The topological polar surface area (TPSA) is 55.6 Å². The SMILES string of the molecule is COc1ccc(Br)cc1CN(C)C(=O)C1(CN)CC1. The number of hydrogen-bond donors (Lipinski definition) is 1. The highest BCUT2D eigenvalue weighted by molar-refractivity contribution is 9.10. The van der Waals surface area contributed by atoms with Gasteiger partial charge >= 0.3 is 0 Å². The number of ether oxygens (including phenoxy) is 1. The second-order valence-electron chi connectivity index (χ2n) is 5.10. The Bertz CT molecular complexity index is 486. The van der Waals surface area contributed by atoms with Gasteiger partial charge in [0.25, 0.3) is 0 Å². The average Bonchev–Trinajstić information content (AvgIpc) is 3.19. The van der Waals surface area contributed by atoms with Gasteiger partial charge in [0.05, 0.1) is 12.5 Å². The standard InChI is InChI=1S/C14H19BrN2O2/c1-17(13(18)14(9-16)5-6-14)8-10-7-11(15)3-4-12(10)19-2/h3-4,7H,5-6,8-9,16H2,1-2H3. The lowest BCUT2D eigenvalue weighted by molar-refractivity contribution is -0.135. The Hall–Kier alpha value is -1.07. The fourth-order valence-electron chi connectivity index (χ4n) is 2.26. The van der Waals surface area contributed by atoms with Crippen LogP contribution in [0.3, 0.4) is 0 Å². The van der Waals surface area contributed by atoms with Crippen LogP contribution in [0.25, 0.3) is 0 Å². The van der Waals surface area contributed by atoms with E-state index in [1.54, 1.807) is 12.0 Å². The molecule has 104 valence electrons. The van der Waals surface area contributed by atoms with E-state index in [1.807, 2.05) is 25.2 Å². The van der Waals surface area contributed by atoms with Crippen LogP contribution < -0.4 is 10.5 Å². The maximum atomic E-state index is 12.3. The van der Waals surface area contributed by atoms with Gasteiger partial charge in [0.1, 0.15) is 5.75 Å². The quantitative estimate of drug-likeness (QED) is 0.902. The summed E-state index contributed by atoms with van der Waals surface area (Å²) >= 11 is 3.44. The van der Waals surface area contributed by atoms with Gasteiger partial charge in [-0.3, -0.25) is 4.79 Å². The van der Waals surface area contributed by atoms with E-state index in [4.69, 9.17) is 10.5 Å². The van der Waals surface area contributed by atoms with E-state index in [0.29, 0.717) is 13.1 Å². The lowest BCUT2D eigenvalue weighted by atomic mass is 10.1. The van der Waals surface area contributed by atoms with E-state index in [2.05, 4.69) is 15.9 Å². The average molecular weight is 327 g/mol. The molecule has 1 amide bonds. The second-order valence-corrected chi connectivity index (χ2v) is 6.02. The minimum atomic E-state index is -0.298. The molecule has 1 aromatic rings. The van der Waals surface area contributed by atoms with Gasteiger partial charge in [-0.2, -0.15) is 0 Å². The zero-order valence-electron chi connectivity index (χ0n) is 11.3. The summed E-state index contributed by atoms with van der Waals surface area (Å²) in [7, 11) is 3.45. The van der Waals surface area contributed by atoms with Gasteiger partial charge in [-0.1, -0.05) is 15.9 Å². The molecule has 1 aromatic carbocycles. The third-order valence-electron chi connectivity index (χ3n) is 3.69. The molecule has 1 aliphatic rings. The molecule has 4 nitrogen and oxygen atoms in total. The monoisotopic (exact) mass is 326 g/mol. The first-order valence-electron chi connectivity index (χ1n) is 6.30. The van der Waals surface area contributed by atoms with Gasteiger partial charge in [0.15, 0.2) is 0 Å². The van der Waals surface area contributed by atoms with Gasteiger partial charge in [0.2, 0.25) is 5.91 Å². The van der Waals surface area contributed by atoms with Gasteiger partial charge in [0, 0.05) is 30.2 Å². The zero-order valence-corrected chi connectivity index (χ0v) is 12.9. The van der Waals surface area contributed by atoms with E-state index >= 15 is 0 Å². The summed E-state index contributed by atoms with van der Waals surface area (Å²) in [6.45, 7) is 0.967. The number of halogens is 1. The number of rotatable bonds is 5. The molecule has 1 fully saturated rings. The summed E-state index contributed by atoms with van der Waals surface area (Å²) in [5.41, 5.74) is 6.39. The minimum absolute atomic E-state index is 0.136. The van der Waals surface area contributed by atoms with Crippen molar-refractivity contribution in [3.63, 3.8) is 0 Å². The van der Waals surface area contributed by atoms with Crippen LogP contribution in [0.5, 0.6) is 5.75 Å². The summed E-state index contributed by atoms with van der Waals surface area (Å²) in [4.78, 5) is 14.1. The van der Waals surface area contributed by atoms with Gasteiger partial charge in [-0.05, 0) is 31.0 Å². The molecule has 2 rings (SSSR count). The van der Waals surface area contributed by atoms with Crippen LogP contribution in [-0.2, 0) is 11.3 Å². The molecule has 0 aromatic heterocycles. The van der Waals surface area contributed by atoms with Crippen LogP contribution in [0.2, 0.25) is 0 Å². The lowest BCUT2D eigenvalue weighted by Crippen LogP contribution is -2.37. The third-order valence-corrected chi connectivity index (χ3v) is 4.19. The van der Waals surface area contributed by atoms with Crippen molar-refractivity contribution in [2.24, 2.45) is 11.1 Å². The summed E-state index contributed by atoms with van der Waals surface area (Å²) < 4.78 is 6.30. The molecule has 0 saturated heterocycles. The number of carbonyl (C=O) groups is 1. The van der Waals surface area contributed by atoms with E-state index in [0.717, 1.165) is 28.6 Å². The van der Waals surface area contributed by atoms with Crippen LogP contribution in [0.1, 0.15) is 18.4 Å². The largest absolute Gasteiger partial charge is 0.496 e. The molecule has 0 atom stereocenters. The molecular formula is C14H19BrN2O2. The second kappa shape index (κ2) is 5.51. The van der Waals surface area contributed by atoms with E-state index in [-0.39, 0.29) is 11.3 Å². The highest BCUT2D eigenvalue weighted by Gasteiger charge is 2.49. The normalized spacial score (nSPS) is 16.0. The first kappa shape index (κ1) is 14.3. The van der Waals surface area contributed by atoms with Crippen molar-refractivity contribution in [1.29, 1.82) is 0 Å². The summed E-state index contributed by atoms with van der Waals surface area (Å²) in [5, 5.41) is 0. The van der Waals surface area contributed by atoms with Gasteiger partial charge in [-0.25, -0.2) is 0 Å². The highest BCUT2D eigenvalue weighted by Crippen LogP contribution is 2.46. The van der Waals surface area contributed by atoms with Crippen molar-refractivity contribution < 1.29 is 9.53 Å². The van der Waals surface area contributed by atoms with Crippen molar-refractivity contribution in [2.45, 2.75) is 19.4 Å². The maximum absolute atomic E-state index is 12.3. The molecule has 0 radical (unpaired) electrons. The molecule has 0 unspecified atom stereocenters. The molecule has 0 spiro atoms. The van der Waals surface area contributed by atoms with Crippen LogP contribution in [0, 0.1) is 5.41 Å². The Balaban J connectivity index is 2.12. The van der Waals surface area contributed by atoms with E-state index in [1.165, 1.54) is 0 Å². The molecular weight excluding hydrogens is 308 g/mol. The van der Waals surface area contributed by atoms with Crippen molar-refractivity contribution in [3.8, 4) is 5.75 Å². The first-order valence-corrected chi connectivity index (χ1v) is 7.10. The number of nitrogens with two attached hydrogens (primary N) is 1. The number of benzene rings is 1. The Morgan fingerprint density at radius 1 is 1.53 bits per heavy atom. The number of nitrogens with zero attached hydrogens (tertiary/aromatic N) is 1. The van der Waals surface area contributed by atoms with Crippen LogP contribution in [0.4, 0.5) is 0 Å². The summed E-state index contributed by atoms with van der Waals surface area (Å²) in [6, 6.07) is 5.80. The van der Waals surface area contributed by atoms with Crippen LogP contribution in [-0.4, -0.2) is 31.5 Å². The molecule has 5 heteroatoms. The van der Waals surface area contributed by atoms with Crippen molar-refractivity contribution in [2.75, 3.05) is 20.7 Å². The summed E-state index contributed by atoms with van der Waals surface area (Å²) in [6.07, 6.45) is 1.81. The molecule has 2 N–H and O–H groups in total. The van der Waals surface area contributed by atoms with E-state index in [9.17, 15) is 4.79 Å². The highest BCUT2D eigenvalue weighted by atomic mass is 79.9. The Morgan fingerprint density at radius 2 is 2.21 bits per heavy atom. The Labute approximate surface area is 122 Å². The predicted octanol–water partition coefficient (Wildman–Crippen LogP) is 2.15. The molecule has 0 bridgehead atoms. The number of methoxy groups -OCH3 is 1. The van der Waals surface area contributed by atoms with Crippen molar-refractivity contribution in [3.05, 3.63) is 28.2 Å². The number of carbonyl (C=O) groups excluding carboxylic acids is 1. The molecule has 0 aliphatic heterocycles. The number of amides is 1. The maximum Gasteiger partial charge on any atom is 0.230 e. The molecule has 19 heavy (non-hydrogen) atoms. The predicted molar refractivity (Wildman–Crippen MR) is 77.9 cm³/mol. The van der Waals surface area contributed by atoms with Gasteiger partial charge < -0.3 is 15.4 Å². The van der Waals surface area contributed by atoms with Crippen molar-refractivity contribution >= 4 is 21.8 Å². The van der Waals surface area contributed by atoms with Crippen LogP contribution in [0.15, 0.2) is 22.7 Å². The van der Waals surface area contributed by atoms with Crippen LogP contribution >= 0.6 is 15.9 Å². The smallest absolute Gasteiger partial charge is 0.230 e. The third kappa shape index (κ3) is 2.92. The fourth-order valence-corrected chi connectivity index (χ4v) is 2.67. The molecule has 1 saturated carbocycles.